The Morgan fingerprint density at radius 2 is 1.76 bits per heavy atom. The van der Waals surface area contributed by atoms with Crippen LogP contribution in [0.3, 0.4) is 0 Å². The van der Waals surface area contributed by atoms with Crippen LogP contribution < -0.4 is 15.5 Å². The van der Waals surface area contributed by atoms with Gasteiger partial charge in [0.05, 0.1) is 17.5 Å². The van der Waals surface area contributed by atoms with Gasteiger partial charge in [-0.3, -0.25) is 9.69 Å². The Labute approximate surface area is 242 Å². The predicted octanol–water partition coefficient (Wildman–Crippen LogP) is 1.53. The fraction of sp³-hybridized carbons (Fsp3) is 0.444. The molecule has 0 aliphatic carbocycles. The lowest BCUT2D eigenvalue weighted by atomic mass is 10.1. The molecule has 2 N–H and O–H groups in total. The van der Waals surface area contributed by atoms with E-state index >= 15 is 0 Å². The number of aromatic nitrogens is 5. The summed E-state index contributed by atoms with van der Waals surface area (Å²) in [7, 11) is 7.28. The highest BCUT2D eigenvalue weighted by atomic mass is 19.1. The first-order valence-electron chi connectivity index (χ1n) is 13.6. The van der Waals surface area contributed by atoms with Gasteiger partial charge in [0.1, 0.15) is 11.6 Å². The van der Waals surface area contributed by atoms with Gasteiger partial charge in [0.15, 0.2) is 5.76 Å². The van der Waals surface area contributed by atoms with Crippen molar-refractivity contribution in [1.82, 2.24) is 39.3 Å². The number of carbonyl (C=O) groups is 1. The van der Waals surface area contributed by atoms with Crippen molar-refractivity contribution in [2.75, 3.05) is 96.1 Å². The highest BCUT2D eigenvalue weighted by molar-refractivity contribution is 5.95. The average Bonchev–Trinajstić information content (AvgIpc) is 3.65. The number of furan rings is 1. The third-order valence-corrected chi connectivity index (χ3v) is 7.27. The first-order valence-corrected chi connectivity index (χ1v) is 13.6. The minimum Gasteiger partial charge on any atom is -0.461 e. The molecular formula is C27H35F2N11O2. The van der Waals surface area contributed by atoms with Gasteiger partial charge in [-0.05, 0) is 32.3 Å². The van der Waals surface area contributed by atoms with Gasteiger partial charge in [-0.25, -0.2) is 8.78 Å². The van der Waals surface area contributed by atoms with Crippen molar-refractivity contribution in [3.63, 3.8) is 0 Å². The first kappa shape index (κ1) is 29.1. The van der Waals surface area contributed by atoms with Crippen molar-refractivity contribution >= 4 is 29.3 Å². The zero-order valence-electron chi connectivity index (χ0n) is 24.2. The van der Waals surface area contributed by atoms with E-state index in [0.29, 0.717) is 75.7 Å². The van der Waals surface area contributed by atoms with Crippen molar-refractivity contribution in [1.29, 1.82) is 0 Å². The molecule has 1 aromatic carbocycles. The maximum Gasteiger partial charge on any atom is 0.259 e. The fourth-order valence-electron chi connectivity index (χ4n) is 4.68. The van der Waals surface area contributed by atoms with Gasteiger partial charge in [-0.15, -0.1) is 5.10 Å². The van der Waals surface area contributed by atoms with Crippen LogP contribution in [0, 0.1) is 11.6 Å². The normalized spacial score (nSPS) is 14.2. The van der Waals surface area contributed by atoms with Crippen molar-refractivity contribution in [3.05, 3.63) is 47.7 Å². The van der Waals surface area contributed by atoms with E-state index in [2.05, 4.69) is 25.0 Å². The second kappa shape index (κ2) is 12.2. The lowest BCUT2D eigenvalue weighted by molar-refractivity contribution is 0.0781. The Morgan fingerprint density at radius 1 is 1.00 bits per heavy atom. The summed E-state index contributed by atoms with van der Waals surface area (Å²) in [5.41, 5.74) is 6.23. The number of halogens is 2. The molecule has 15 heteroatoms. The SMILES string of the molecule is CN(C)CCN(C)C(=O)c1cc(N2CCN(CCN(C)c3nc(N)n4nc(-c5ccco5)nc4n3)CC2)c(F)cc1F. The number of rotatable bonds is 10. The highest BCUT2D eigenvalue weighted by Gasteiger charge is 2.25. The van der Waals surface area contributed by atoms with E-state index < -0.39 is 17.5 Å². The molecule has 4 heterocycles. The van der Waals surface area contributed by atoms with Gasteiger partial charge >= 0.3 is 0 Å². The number of piperazine rings is 1. The number of amides is 1. The summed E-state index contributed by atoms with van der Waals surface area (Å²) in [6.45, 7) is 4.76. The first-order chi connectivity index (χ1) is 20.1. The maximum atomic E-state index is 14.8. The van der Waals surface area contributed by atoms with Crippen molar-refractivity contribution in [3.8, 4) is 11.6 Å². The number of benzene rings is 1. The van der Waals surface area contributed by atoms with Crippen molar-refractivity contribution in [2.24, 2.45) is 0 Å². The highest BCUT2D eigenvalue weighted by Crippen LogP contribution is 2.26. The number of fused-ring (bicyclic) bond motifs is 1. The van der Waals surface area contributed by atoms with E-state index in [0.717, 1.165) is 6.07 Å². The van der Waals surface area contributed by atoms with Crippen LogP contribution >= 0.6 is 0 Å². The van der Waals surface area contributed by atoms with E-state index in [1.807, 2.05) is 35.8 Å². The molecule has 1 amide bonds. The Bertz CT molecular complexity index is 1530. The molecule has 0 atom stereocenters. The van der Waals surface area contributed by atoms with Crippen molar-refractivity contribution < 1.29 is 18.0 Å². The fourth-order valence-corrected chi connectivity index (χ4v) is 4.68. The quantitative estimate of drug-likeness (QED) is 0.292. The number of anilines is 3. The molecule has 3 aromatic heterocycles. The van der Waals surface area contributed by atoms with Crippen LogP contribution in [0.5, 0.6) is 0 Å². The smallest absolute Gasteiger partial charge is 0.259 e. The number of nitrogens with zero attached hydrogens (tertiary/aromatic N) is 10. The number of carbonyl (C=O) groups excluding carboxylic acids is 1. The number of nitrogens with two attached hydrogens (primary N) is 1. The standard InChI is InChI=1S/C27H35F2N11O2/c1-35(2)7-8-36(3)24(41)18-16-21(20(29)17-19(18)28)39-13-11-38(12-14-39)10-9-37(4)26-32-25(30)40-27(33-26)31-23(34-40)22-6-5-15-42-22/h5-6,15-17H,7-14H2,1-4H3,(H2,30,31,32,33,34). The number of hydrogen-bond donors (Lipinski definition) is 1. The third-order valence-electron chi connectivity index (χ3n) is 7.27. The van der Waals surface area contributed by atoms with Gasteiger partial charge in [0, 0.05) is 72.5 Å². The largest absolute Gasteiger partial charge is 0.461 e. The van der Waals surface area contributed by atoms with Crippen LogP contribution in [-0.2, 0) is 0 Å². The summed E-state index contributed by atoms with van der Waals surface area (Å²) in [4.78, 5) is 35.5. The van der Waals surface area contributed by atoms with Crippen LogP contribution in [0.1, 0.15) is 10.4 Å². The molecule has 1 fully saturated rings. The molecule has 0 bridgehead atoms. The van der Waals surface area contributed by atoms with E-state index in [1.165, 1.54) is 21.7 Å². The molecular weight excluding hydrogens is 548 g/mol. The molecule has 224 valence electrons. The zero-order chi connectivity index (χ0) is 30.0. The molecule has 0 unspecified atom stereocenters. The van der Waals surface area contributed by atoms with Gasteiger partial charge in [-0.2, -0.15) is 19.5 Å². The Morgan fingerprint density at radius 3 is 2.45 bits per heavy atom. The summed E-state index contributed by atoms with van der Waals surface area (Å²) in [5, 5.41) is 4.32. The van der Waals surface area contributed by atoms with Gasteiger partial charge in [0.25, 0.3) is 11.7 Å². The Hall–Kier alpha value is -4.37. The van der Waals surface area contributed by atoms with Gasteiger partial charge in [0.2, 0.25) is 17.7 Å². The van der Waals surface area contributed by atoms with Crippen LogP contribution in [0.4, 0.5) is 26.4 Å². The topological polar surface area (TPSA) is 128 Å². The van der Waals surface area contributed by atoms with Crippen molar-refractivity contribution in [2.45, 2.75) is 0 Å². The van der Waals surface area contributed by atoms with Gasteiger partial charge < -0.3 is 29.8 Å². The lowest BCUT2D eigenvalue weighted by Crippen LogP contribution is -2.48. The average molecular weight is 584 g/mol. The van der Waals surface area contributed by atoms with E-state index in [1.54, 1.807) is 19.2 Å². The molecule has 4 aromatic rings. The zero-order valence-corrected chi connectivity index (χ0v) is 24.2. The molecule has 0 radical (unpaired) electrons. The van der Waals surface area contributed by atoms with Crippen LogP contribution in [0.15, 0.2) is 34.9 Å². The molecule has 1 aliphatic rings. The Kier molecular flexibility index (Phi) is 8.49. The summed E-state index contributed by atoms with van der Waals surface area (Å²) >= 11 is 0. The summed E-state index contributed by atoms with van der Waals surface area (Å²) in [6, 6.07) is 5.64. The molecule has 0 saturated carbocycles. The summed E-state index contributed by atoms with van der Waals surface area (Å²) < 4.78 is 36.1. The Balaban J connectivity index is 1.18. The molecule has 42 heavy (non-hydrogen) atoms. The van der Waals surface area contributed by atoms with Crippen LogP contribution in [0.25, 0.3) is 17.4 Å². The minimum absolute atomic E-state index is 0.128. The number of likely N-dealkylation sites (N-methyl/N-ethyl adjacent to an activating group) is 3. The maximum absolute atomic E-state index is 14.8. The van der Waals surface area contributed by atoms with Crippen LogP contribution in [-0.4, -0.2) is 126 Å². The third kappa shape index (κ3) is 6.26. The number of hydrogen-bond acceptors (Lipinski definition) is 11. The monoisotopic (exact) mass is 583 g/mol. The second-order valence-corrected chi connectivity index (χ2v) is 10.6. The molecule has 1 saturated heterocycles. The van der Waals surface area contributed by atoms with Gasteiger partial charge in [-0.1, -0.05) is 0 Å². The lowest BCUT2D eigenvalue weighted by Gasteiger charge is -2.37. The molecule has 0 spiro atoms. The van der Waals surface area contributed by atoms with Crippen LogP contribution in [0.2, 0.25) is 0 Å². The van der Waals surface area contributed by atoms with E-state index in [-0.39, 0.29) is 17.2 Å². The molecule has 5 rings (SSSR count). The molecule has 1 aliphatic heterocycles. The predicted molar refractivity (Wildman–Crippen MR) is 154 cm³/mol. The van der Waals surface area contributed by atoms with E-state index in [9.17, 15) is 13.6 Å². The summed E-state index contributed by atoms with van der Waals surface area (Å²) in [5.74, 6) is -0.254. The minimum atomic E-state index is -0.857. The van der Waals surface area contributed by atoms with E-state index in [4.69, 9.17) is 10.2 Å². The summed E-state index contributed by atoms with van der Waals surface area (Å²) in [6.07, 6.45) is 1.54. The second-order valence-electron chi connectivity index (χ2n) is 10.6. The molecule has 13 nitrogen and oxygen atoms in total. The number of nitrogen functional groups attached to an aromatic ring is 1.